The van der Waals surface area contributed by atoms with Crippen molar-refractivity contribution in [3.63, 3.8) is 0 Å². The fourth-order valence-electron chi connectivity index (χ4n) is 2.33. The molecule has 0 saturated heterocycles. The number of ketones is 1. The topological polar surface area (TPSA) is 63.6 Å². The number of benzene rings is 1. The second-order valence-electron chi connectivity index (χ2n) is 5.17. The number of ether oxygens (including phenoxy) is 1. The highest BCUT2D eigenvalue weighted by Crippen LogP contribution is 2.23. The maximum atomic E-state index is 12.5. The first-order valence-corrected chi connectivity index (χ1v) is 7.72. The van der Waals surface area contributed by atoms with Gasteiger partial charge in [0.1, 0.15) is 0 Å². The third-order valence-electron chi connectivity index (χ3n) is 3.47. The van der Waals surface area contributed by atoms with Gasteiger partial charge in [-0.25, -0.2) is 4.79 Å². The second kappa shape index (κ2) is 9.77. The Labute approximate surface area is 131 Å². The Bertz CT molecular complexity index is 517. The SMILES string of the molecule is CCCCCCCC(=O)C(=C(OC)C(=O)O)c1ccccc1. The summed E-state index contributed by atoms with van der Waals surface area (Å²) in [6.07, 6.45) is 5.51. The third-order valence-corrected chi connectivity index (χ3v) is 3.47. The Morgan fingerprint density at radius 2 is 1.68 bits per heavy atom. The molecule has 120 valence electrons. The number of methoxy groups -OCH3 is 1. The summed E-state index contributed by atoms with van der Waals surface area (Å²) in [5.74, 6) is -1.69. The molecule has 22 heavy (non-hydrogen) atoms. The van der Waals surface area contributed by atoms with E-state index in [1.807, 2.05) is 6.07 Å². The molecule has 0 unspecified atom stereocenters. The molecule has 1 rings (SSSR count). The van der Waals surface area contributed by atoms with Gasteiger partial charge in [0, 0.05) is 6.42 Å². The van der Waals surface area contributed by atoms with Crippen molar-refractivity contribution in [1.82, 2.24) is 0 Å². The molecule has 0 heterocycles. The Morgan fingerprint density at radius 3 is 2.23 bits per heavy atom. The first-order chi connectivity index (χ1) is 10.6. The van der Waals surface area contributed by atoms with E-state index < -0.39 is 5.97 Å². The minimum absolute atomic E-state index is 0.158. The van der Waals surface area contributed by atoms with Crippen molar-refractivity contribution >= 4 is 17.3 Å². The van der Waals surface area contributed by atoms with Crippen LogP contribution in [-0.2, 0) is 14.3 Å². The summed E-state index contributed by atoms with van der Waals surface area (Å²) in [6.45, 7) is 2.14. The Balaban J connectivity index is 2.92. The number of allylic oxidation sites excluding steroid dienone is 1. The van der Waals surface area contributed by atoms with Crippen molar-refractivity contribution in [2.45, 2.75) is 45.4 Å². The fraction of sp³-hybridized carbons (Fsp3) is 0.444. The lowest BCUT2D eigenvalue weighted by Crippen LogP contribution is -2.12. The van der Waals surface area contributed by atoms with Gasteiger partial charge in [-0.3, -0.25) is 4.79 Å². The number of hydrogen-bond donors (Lipinski definition) is 1. The lowest BCUT2D eigenvalue weighted by atomic mass is 9.96. The monoisotopic (exact) mass is 304 g/mol. The Morgan fingerprint density at radius 1 is 1.05 bits per heavy atom. The van der Waals surface area contributed by atoms with Gasteiger partial charge < -0.3 is 9.84 Å². The van der Waals surface area contributed by atoms with Crippen molar-refractivity contribution in [3.05, 3.63) is 41.7 Å². The zero-order valence-corrected chi connectivity index (χ0v) is 13.3. The molecule has 4 nitrogen and oxygen atoms in total. The maximum Gasteiger partial charge on any atom is 0.371 e. The summed E-state index contributed by atoms with van der Waals surface area (Å²) in [5.41, 5.74) is 0.742. The number of carbonyl (C=O) groups excluding carboxylic acids is 1. The van der Waals surface area contributed by atoms with Crippen LogP contribution in [0, 0.1) is 0 Å². The summed E-state index contributed by atoms with van der Waals surface area (Å²) < 4.78 is 4.95. The summed E-state index contributed by atoms with van der Waals surface area (Å²) in [5, 5.41) is 9.26. The Kier molecular flexibility index (Phi) is 7.97. The van der Waals surface area contributed by atoms with Crippen molar-refractivity contribution in [2.75, 3.05) is 7.11 Å². The fourth-order valence-corrected chi connectivity index (χ4v) is 2.33. The lowest BCUT2D eigenvalue weighted by Gasteiger charge is -2.11. The molecule has 0 aliphatic heterocycles. The van der Waals surface area contributed by atoms with Crippen LogP contribution in [0.4, 0.5) is 0 Å². The number of hydrogen-bond acceptors (Lipinski definition) is 3. The van der Waals surface area contributed by atoms with Crippen molar-refractivity contribution in [3.8, 4) is 0 Å². The first-order valence-electron chi connectivity index (χ1n) is 7.72. The number of rotatable bonds is 10. The van der Waals surface area contributed by atoms with E-state index in [0.717, 1.165) is 32.1 Å². The zero-order chi connectivity index (χ0) is 16.4. The van der Waals surface area contributed by atoms with E-state index in [0.29, 0.717) is 12.0 Å². The van der Waals surface area contributed by atoms with Gasteiger partial charge in [-0.15, -0.1) is 0 Å². The van der Waals surface area contributed by atoms with Gasteiger partial charge in [0.25, 0.3) is 0 Å². The van der Waals surface area contributed by atoms with Crippen LogP contribution in [0.2, 0.25) is 0 Å². The van der Waals surface area contributed by atoms with Crippen molar-refractivity contribution in [1.29, 1.82) is 0 Å². The molecule has 0 aromatic heterocycles. The van der Waals surface area contributed by atoms with Crippen molar-refractivity contribution in [2.24, 2.45) is 0 Å². The van der Waals surface area contributed by atoms with E-state index in [4.69, 9.17) is 4.74 Å². The molecule has 0 amide bonds. The number of carbonyl (C=O) groups is 2. The maximum absolute atomic E-state index is 12.5. The van der Waals surface area contributed by atoms with E-state index in [9.17, 15) is 14.7 Å². The molecule has 0 aliphatic carbocycles. The van der Waals surface area contributed by atoms with E-state index in [1.54, 1.807) is 24.3 Å². The summed E-state index contributed by atoms with van der Waals surface area (Å²) in [4.78, 5) is 23.8. The van der Waals surface area contributed by atoms with Gasteiger partial charge in [0.05, 0.1) is 12.7 Å². The molecule has 0 aliphatic rings. The van der Waals surface area contributed by atoms with Crippen LogP contribution in [0.15, 0.2) is 36.1 Å². The summed E-state index contributed by atoms with van der Waals surface area (Å²) in [6, 6.07) is 8.83. The minimum atomic E-state index is -1.22. The largest absolute Gasteiger partial charge is 0.489 e. The molecule has 0 atom stereocenters. The van der Waals surface area contributed by atoms with Gasteiger partial charge in [-0.05, 0) is 12.0 Å². The van der Waals surface area contributed by atoms with E-state index in [1.165, 1.54) is 7.11 Å². The van der Waals surface area contributed by atoms with Gasteiger partial charge in [-0.2, -0.15) is 0 Å². The Hall–Kier alpha value is -2.10. The molecule has 1 N–H and O–H groups in total. The third kappa shape index (κ3) is 5.35. The number of Topliss-reactive ketones (excluding diaryl/α,β-unsaturated/α-hetero) is 1. The van der Waals surface area contributed by atoms with Crippen LogP contribution >= 0.6 is 0 Å². The minimum Gasteiger partial charge on any atom is -0.489 e. The highest BCUT2D eigenvalue weighted by Gasteiger charge is 2.22. The molecule has 1 aromatic rings. The van der Waals surface area contributed by atoms with Crippen LogP contribution in [0.25, 0.3) is 5.57 Å². The molecule has 4 heteroatoms. The highest BCUT2D eigenvalue weighted by atomic mass is 16.5. The molecular weight excluding hydrogens is 280 g/mol. The molecule has 0 bridgehead atoms. The normalized spacial score (nSPS) is 11.7. The molecule has 0 fully saturated rings. The predicted octanol–water partition coefficient (Wildman–Crippen LogP) is 4.06. The first kappa shape index (κ1) is 18.0. The average molecular weight is 304 g/mol. The highest BCUT2D eigenvalue weighted by molar-refractivity contribution is 6.25. The van der Waals surface area contributed by atoms with Crippen LogP contribution in [0.5, 0.6) is 0 Å². The van der Waals surface area contributed by atoms with E-state index >= 15 is 0 Å². The molecular formula is C18H24O4. The quantitative estimate of drug-likeness (QED) is 0.402. The van der Waals surface area contributed by atoms with Gasteiger partial charge in [0.15, 0.2) is 5.78 Å². The lowest BCUT2D eigenvalue weighted by molar-refractivity contribution is -0.136. The predicted molar refractivity (Wildman–Crippen MR) is 86.4 cm³/mol. The zero-order valence-electron chi connectivity index (χ0n) is 13.3. The van der Waals surface area contributed by atoms with Gasteiger partial charge in [0.2, 0.25) is 5.76 Å². The smallest absolute Gasteiger partial charge is 0.371 e. The van der Waals surface area contributed by atoms with Crippen LogP contribution in [0.3, 0.4) is 0 Å². The van der Waals surface area contributed by atoms with Crippen LogP contribution in [0.1, 0.15) is 51.0 Å². The number of carboxylic acids is 1. The number of aliphatic carboxylic acids is 1. The summed E-state index contributed by atoms with van der Waals surface area (Å²) in [7, 11) is 1.28. The van der Waals surface area contributed by atoms with E-state index in [2.05, 4.69) is 6.92 Å². The average Bonchev–Trinajstić information content (AvgIpc) is 2.52. The number of unbranched alkanes of at least 4 members (excludes halogenated alkanes) is 4. The van der Waals surface area contributed by atoms with E-state index in [-0.39, 0.29) is 17.1 Å². The number of carboxylic acid groups (broad SMARTS) is 1. The van der Waals surface area contributed by atoms with Crippen LogP contribution in [-0.4, -0.2) is 24.0 Å². The molecule has 0 spiro atoms. The summed E-state index contributed by atoms with van der Waals surface area (Å²) >= 11 is 0. The van der Waals surface area contributed by atoms with Gasteiger partial charge >= 0.3 is 5.97 Å². The second-order valence-corrected chi connectivity index (χ2v) is 5.17. The molecule has 0 saturated carbocycles. The van der Waals surface area contributed by atoms with Gasteiger partial charge in [-0.1, -0.05) is 62.9 Å². The van der Waals surface area contributed by atoms with Crippen molar-refractivity contribution < 1.29 is 19.4 Å². The van der Waals surface area contributed by atoms with Crippen LogP contribution < -0.4 is 0 Å². The molecule has 1 aromatic carbocycles. The standard InChI is InChI=1S/C18H24O4/c1-3-4-5-6-10-13-15(19)16(17(22-2)18(20)21)14-11-8-7-9-12-14/h7-9,11-12H,3-6,10,13H2,1-2H3,(H,20,21). The molecule has 0 radical (unpaired) electrons.